The second-order valence-electron chi connectivity index (χ2n) is 4.55. The Labute approximate surface area is 109 Å². The van der Waals surface area contributed by atoms with Crippen LogP contribution in [0.25, 0.3) is 0 Å². The molecule has 3 heteroatoms. The number of hydrogen-bond acceptors (Lipinski definition) is 2. The summed E-state index contributed by atoms with van der Waals surface area (Å²) in [5.74, 6) is 0.887. The third-order valence-corrected chi connectivity index (χ3v) is 2.73. The van der Waals surface area contributed by atoms with Crippen molar-refractivity contribution in [1.29, 1.82) is 0 Å². The van der Waals surface area contributed by atoms with E-state index < -0.39 is 0 Å². The number of halogens is 1. The van der Waals surface area contributed by atoms with Gasteiger partial charge < -0.3 is 10.1 Å². The highest BCUT2D eigenvalue weighted by Crippen LogP contribution is 2.17. The standard InChI is InChI=1S/C14H22ClNO/c1-4-5-14(10-16-11(2)3)17-13-8-6-12(15)7-9-13/h6-9,11,14,16H,4-5,10H2,1-3H3. The molecule has 0 radical (unpaired) electrons. The first kappa shape index (κ1) is 14.3. The van der Waals surface area contributed by atoms with Crippen LogP contribution in [-0.2, 0) is 0 Å². The van der Waals surface area contributed by atoms with Crippen LogP contribution in [0.1, 0.15) is 33.6 Å². The second kappa shape index (κ2) is 7.57. The zero-order valence-corrected chi connectivity index (χ0v) is 11.6. The largest absolute Gasteiger partial charge is 0.489 e. The Hall–Kier alpha value is -0.730. The van der Waals surface area contributed by atoms with Gasteiger partial charge in [0.1, 0.15) is 11.9 Å². The summed E-state index contributed by atoms with van der Waals surface area (Å²) in [6.07, 6.45) is 2.41. The fourth-order valence-electron chi connectivity index (χ4n) is 1.60. The Morgan fingerprint density at radius 2 is 1.88 bits per heavy atom. The first-order valence-electron chi connectivity index (χ1n) is 6.27. The van der Waals surface area contributed by atoms with Gasteiger partial charge in [0.15, 0.2) is 0 Å². The van der Waals surface area contributed by atoms with Crippen molar-refractivity contribution in [3.63, 3.8) is 0 Å². The number of ether oxygens (including phenoxy) is 1. The molecule has 0 amide bonds. The normalized spacial score (nSPS) is 12.8. The van der Waals surface area contributed by atoms with Crippen molar-refractivity contribution in [3.05, 3.63) is 29.3 Å². The lowest BCUT2D eigenvalue weighted by atomic mass is 10.2. The third-order valence-electron chi connectivity index (χ3n) is 2.48. The lowest BCUT2D eigenvalue weighted by Crippen LogP contribution is -2.35. The van der Waals surface area contributed by atoms with E-state index >= 15 is 0 Å². The van der Waals surface area contributed by atoms with Crippen molar-refractivity contribution in [3.8, 4) is 5.75 Å². The number of benzene rings is 1. The third kappa shape index (κ3) is 5.94. The topological polar surface area (TPSA) is 21.3 Å². The van der Waals surface area contributed by atoms with Crippen LogP contribution in [0.4, 0.5) is 0 Å². The lowest BCUT2D eigenvalue weighted by molar-refractivity contribution is 0.183. The summed E-state index contributed by atoms with van der Waals surface area (Å²) in [5, 5.41) is 4.15. The molecule has 0 aliphatic heterocycles. The minimum absolute atomic E-state index is 0.226. The van der Waals surface area contributed by atoms with Gasteiger partial charge in [-0.15, -0.1) is 0 Å². The molecular formula is C14H22ClNO. The Balaban J connectivity index is 2.50. The molecule has 1 atom stereocenters. The predicted molar refractivity (Wildman–Crippen MR) is 73.9 cm³/mol. The fourth-order valence-corrected chi connectivity index (χ4v) is 1.72. The van der Waals surface area contributed by atoms with Gasteiger partial charge in [0, 0.05) is 17.6 Å². The molecule has 0 aliphatic rings. The van der Waals surface area contributed by atoms with Gasteiger partial charge in [-0.3, -0.25) is 0 Å². The molecule has 0 saturated carbocycles. The van der Waals surface area contributed by atoms with E-state index in [1.807, 2.05) is 24.3 Å². The van der Waals surface area contributed by atoms with Crippen molar-refractivity contribution in [2.45, 2.75) is 45.8 Å². The number of hydrogen-bond donors (Lipinski definition) is 1. The molecule has 0 aromatic heterocycles. The maximum Gasteiger partial charge on any atom is 0.119 e. The summed E-state index contributed by atoms with van der Waals surface area (Å²) in [5.41, 5.74) is 0. The molecule has 1 aromatic carbocycles. The average molecular weight is 256 g/mol. The van der Waals surface area contributed by atoms with Crippen molar-refractivity contribution in [1.82, 2.24) is 5.32 Å². The van der Waals surface area contributed by atoms with Gasteiger partial charge in [-0.1, -0.05) is 38.8 Å². The van der Waals surface area contributed by atoms with Crippen LogP contribution in [-0.4, -0.2) is 18.7 Å². The Morgan fingerprint density at radius 3 is 2.41 bits per heavy atom. The summed E-state index contributed by atoms with van der Waals surface area (Å²) >= 11 is 5.84. The van der Waals surface area contributed by atoms with Crippen LogP contribution < -0.4 is 10.1 Å². The first-order chi connectivity index (χ1) is 8.11. The summed E-state index contributed by atoms with van der Waals surface area (Å²) in [6, 6.07) is 8.04. The molecule has 1 N–H and O–H groups in total. The van der Waals surface area contributed by atoms with Gasteiger partial charge in [0.05, 0.1) is 0 Å². The SMILES string of the molecule is CCCC(CNC(C)C)Oc1ccc(Cl)cc1. The maximum absolute atomic E-state index is 5.94. The van der Waals surface area contributed by atoms with Crippen molar-refractivity contribution >= 4 is 11.6 Å². The van der Waals surface area contributed by atoms with Gasteiger partial charge in [-0.2, -0.15) is 0 Å². The zero-order chi connectivity index (χ0) is 12.7. The molecule has 0 fully saturated rings. The van der Waals surface area contributed by atoms with Gasteiger partial charge >= 0.3 is 0 Å². The van der Waals surface area contributed by atoms with E-state index in [0.29, 0.717) is 6.04 Å². The maximum atomic E-state index is 5.94. The predicted octanol–water partition coefficient (Wildman–Crippen LogP) is 3.89. The highest BCUT2D eigenvalue weighted by atomic mass is 35.5. The summed E-state index contributed by atoms with van der Waals surface area (Å²) in [6.45, 7) is 7.35. The van der Waals surface area contributed by atoms with Gasteiger partial charge in [0.2, 0.25) is 0 Å². The van der Waals surface area contributed by atoms with Crippen LogP contribution in [0.5, 0.6) is 5.75 Å². The lowest BCUT2D eigenvalue weighted by Gasteiger charge is -2.20. The molecule has 1 rings (SSSR count). The molecule has 96 valence electrons. The van der Waals surface area contributed by atoms with E-state index in [1.54, 1.807) is 0 Å². The zero-order valence-electron chi connectivity index (χ0n) is 10.9. The van der Waals surface area contributed by atoms with Gasteiger partial charge in [-0.05, 0) is 30.7 Å². The number of nitrogens with one attached hydrogen (secondary N) is 1. The monoisotopic (exact) mass is 255 g/mol. The van der Waals surface area contributed by atoms with Crippen LogP contribution in [0.15, 0.2) is 24.3 Å². The average Bonchev–Trinajstić information content (AvgIpc) is 2.29. The van der Waals surface area contributed by atoms with Crippen molar-refractivity contribution < 1.29 is 4.74 Å². The van der Waals surface area contributed by atoms with E-state index in [2.05, 4.69) is 26.1 Å². The Morgan fingerprint density at radius 1 is 1.24 bits per heavy atom. The molecule has 2 nitrogen and oxygen atoms in total. The van der Waals surface area contributed by atoms with Gasteiger partial charge in [-0.25, -0.2) is 0 Å². The first-order valence-corrected chi connectivity index (χ1v) is 6.65. The second-order valence-corrected chi connectivity index (χ2v) is 4.98. The van der Waals surface area contributed by atoms with Gasteiger partial charge in [0.25, 0.3) is 0 Å². The fraction of sp³-hybridized carbons (Fsp3) is 0.571. The van der Waals surface area contributed by atoms with E-state index in [9.17, 15) is 0 Å². The van der Waals surface area contributed by atoms with E-state index in [0.717, 1.165) is 30.2 Å². The minimum atomic E-state index is 0.226. The van der Waals surface area contributed by atoms with E-state index in [-0.39, 0.29) is 6.10 Å². The van der Waals surface area contributed by atoms with E-state index in [1.165, 1.54) is 0 Å². The van der Waals surface area contributed by atoms with Crippen molar-refractivity contribution in [2.24, 2.45) is 0 Å². The Bertz CT molecular complexity index is 311. The molecule has 1 unspecified atom stereocenters. The molecule has 17 heavy (non-hydrogen) atoms. The minimum Gasteiger partial charge on any atom is -0.489 e. The quantitative estimate of drug-likeness (QED) is 0.798. The molecule has 0 spiro atoms. The summed E-state index contributed by atoms with van der Waals surface area (Å²) in [4.78, 5) is 0. The van der Waals surface area contributed by atoms with Crippen LogP contribution >= 0.6 is 11.6 Å². The molecule has 1 aromatic rings. The number of rotatable bonds is 7. The molecule has 0 aliphatic carbocycles. The molecule has 0 saturated heterocycles. The highest BCUT2D eigenvalue weighted by molar-refractivity contribution is 6.30. The Kier molecular flexibility index (Phi) is 6.38. The van der Waals surface area contributed by atoms with Crippen LogP contribution in [0.3, 0.4) is 0 Å². The summed E-state index contributed by atoms with van der Waals surface area (Å²) in [7, 11) is 0. The van der Waals surface area contributed by atoms with Crippen LogP contribution in [0.2, 0.25) is 5.02 Å². The molecular weight excluding hydrogens is 234 g/mol. The smallest absolute Gasteiger partial charge is 0.119 e. The summed E-state index contributed by atoms with van der Waals surface area (Å²) < 4.78 is 5.94. The van der Waals surface area contributed by atoms with Crippen molar-refractivity contribution in [2.75, 3.05) is 6.54 Å². The highest BCUT2D eigenvalue weighted by Gasteiger charge is 2.09. The van der Waals surface area contributed by atoms with E-state index in [4.69, 9.17) is 16.3 Å². The molecule has 0 bridgehead atoms. The molecule has 0 heterocycles. The van der Waals surface area contributed by atoms with Crippen LogP contribution in [0, 0.1) is 0 Å².